The van der Waals surface area contributed by atoms with Crippen LogP contribution in [0.4, 0.5) is 4.39 Å². The van der Waals surface area contributed by atoms with Gasteiger partial charge in [-0.3, -0.25) is 9.59 Å². The second-order valence-corrected chi connectivity index (χ2v) is 5.19. The average Bonchev–Trinajstić information content (AvgIpc) is 2.41. The van der Waals surface area contributed by atoms with E-state index in [-0.39, 0.29) is 23.8 Å². The Balaban J connectivity index is 2.46. The molecule has 6 heteroatoms. The van der Waals surface area contributed by atoms with Crippen LogP contribution in [0.5, 0.6) is 0 Å². The van der Waals surface area contributed by atoms with Crippen molar-refractivity contribution in [3.63, 3.8) is 0 Å². The normalized spacial score (nSPS) is 22.9. The lowest BCUT2D eigenvalue weighted by molar-refractivity contribution is -0.151. The van der Waals surface area contributed by atoms with Gasteiger partial charge in [-0.25, -0.2) is 4.39 Å². The van der Waals surface area contributed by atoms with Crippen LogP contribution in [0.15, 0.2) is 18.2 Å². The number of carbonyl (C=O) groups is 2. The summed E-state index contributed by atoms with van der Waals surface area (Å²) in [5.74, 6) is -2.31. The van der Waals surface area contributed by atoms with Crippen LogP contribution in [0, 0.1) is 11.7 Å². The minimum absolute atomic E-state index is 0.0688. The lowest BCUT2D eigenvalue weighted by Crippen LogP contribution is -2.45. The molecule has 2 atom stereocenters. The minimum atomic E-state index is -0.957. The highest BCUT2D eigenvalue weighted by molar-refractivity contribution is 6.30. The van der Waals surface area contributed by atoms with Crippen LogP contribution < -0.4 is 0 Å². The van der Waals surface area contributed by atoms with Gasteiger partial charge in [0, 0.05) is 13.0 Å². The number of carboxylic acids is 1. The Kier molecular flexibility index (Phi) is 4.28. The van der Waals surface area contributed by atoms with E-state index in [1.54, 1.807) is 6.92 Å². The van der Waals surface area contributed by atoms with Crippen LogP contribution in [0.3, 0.4) is 0 Å². The Labute approximate surface area is 121 Å². The average molecular weight is 300 g/mol. The summed E-state index contributed by atoms with van der Waals surface area (Å²) in [6.07, 6.45) is 0.501. The molecule has 2 rings (SSSR count). The van der Waals surface area contributed by atoms with Crippen molar-refractivity contribution in [2.45, 2.75) is 25.8 Å². The monoisotopic (exact) mass is 299 g/mol. The van der Waals surface area contributed by atoms with Crippen molar-refractivity contribution < 1.29 is 19.1 Å². The number of nitrogens with zero attached hydrogens (tertiary/aromatic N) is 1. The Bertz CT molecular complexity index is 547. The molecule has 1 aromatic carbocycles. The number of rotatable bonds is 3. The topological polar surface area (TPSA) is 57.6 Å². The van der Waals surface area contributed by atoms with Gasteiger partial charge in [0.15, 0.2) is 0 Å². The third-order valence-electron chi connectivity index (χ3n) is 3.65. The number of aliphatic carboxylic acids is 1. The van der Waals surface area contributed by atoms with E-state index in [9.17, 15) is 19.1 Å². The second kappa shape index (κ2) is 5.79. The molecule has 1 heterocycles. The van der Waals surface area contributed by atoms with Gasteiger partial charge < -0.3 is 10.0 Å². The first-order valence-corrected chi connectivity index (χ1v) is 6.80. The molecule has 1 aliphatic heterocycles. The largest absolute Gasteiger partial charge is 0.481 e. The highest BCUT2D eigenvalue weighted by Crippen LogP contribution is 2.37. The molecule has 108 valence electrons. The Hall–Kier alpha value is -1.62. The fourth-order valence-electron chi connectivity index (χ4n) is 2.69. The maximum absolute atomic E-state index is 13.2. The molecule has 0 aromatic heterocycles. The Morgan fingerprint density at radius 3 is 2.80 bits per heavy atom. The molecule has 2 unspecified atom stereocenters. The number of amides is 1. The molecule has 1 saturated heterocycles. The standard InChI is InChI=1S/C14H15ClFNO3/c1-2-17-12(18)6-4-9(14(19)20)13(17)8-3-5-11(16)10(15)7-8/h3,5,7,9,13H,2,4,6H2,1H3,(H,19,20). The SMILES string of the molecule is CCN1C(=O)CCC(C(=O)O)C1c1ccc(F)c(Cl)c1. The predicted octanol–water partition coefficient (Wildman–Crippen LogP) is 2.86. The van der Waals surface area contributed by atoms with E-state index in [0.29, 0.717) is 12.1 Å². The molecule has 0 spiro atoms. The fourth-order valence-corrected chi connectivity index (χ4v) is 2.88. The highest BCUT2D eigenvalue weighted by Gasteiger charge is 2.40. The molecule has 0 saturated carbocycles. The number of carbonyl (C=O) groups excluding carboxylic acids is 1. The summed E-state index contributed by atoms with van der Waals surface area (Å²) in [6, 6.07) is 3.49. The van der Waals surface area contributed by atoms with Crippen LogP contribution in [-0.4, -0.2) is 28.4 Å². The van der Waals surface area contributed by atoms with Crippen LogP contribution in [0.25, 0.3) is 0 Å². The van der Waals surface area contributed by atoms with Gasteiger partial charge in [-0.1, -0.05) is 17.7 Å². The zero-order chi connectivity index (χ0) is 14.9. The van der Waals surface area contributed by atoms with Crippen LogP contribution >= 0.6 is 11.6 Å². The number of hydrogen-bond donors (Lipinski definition) is 1. The first kappa shape index (κ1) is 14.8. The van der Waals surface area contributed by atoms with Crippen molar-refractivity contribution in [3.8, 4) is 0 Å². The number of halogens is 2. The van der Waals surface area contributed by atoms with Crippen molar-refractivity contribution in [3.05, 3.63) is 34.6 Å². The second-order valence-electron chi connectivity index (χ2n) is 4.78. The highest BCUT2D eigenvalue weighted by atomic mass is 35.5. The Morgan fingerprint density at radius 2 is 2.25 bits per heavy atom. The third-order valence-corrected chi connectivity index (χ3v) is 3.94. The maximum Gasteiger partial charge on any atom is 0.308 e. The fraction of sp³-hybridized carbons (Fsp3) is 0.429. The van der Waals surface area contributed by atoms with Crippen molar-refractivity contribution in [1.29, 1.82) is 0 Å². The summed E-state index contributed by atoms with van der Waals surface area (Å²) in [7, 11) is 0. The number of piperidine rings is 1. The molecule has 1 aromatic rings. The predicted molar refractivity (Wildman–Crippen MR) is 71.9 cm³/mol. The summed E-state index contributed by atoms with van der Waals surface area (Å²) in [6.45, 7) is 2.20. The minimum Gasteiger partial charge on any atom is -0.481 e. The third kappa shape index (κ3) is 2.63. The van der Waals surface area contributed by atoms with E-state index in [1.165, 1.54) is 23.1 Å². The number of benzene rings is 1. The number of likely N-dealkylation sites (tertiary alicyclic amines) is 1. The summed E-state index contributed by atoms with van der Waals surface area (Å²) >= 11 is 5.76. The summed E-state index contributed by atoms with van der Waals surface area (Å²) in [4.78, 5) is 24.9. The van der Waals surface area contributed by atoms with Gasteiger partial charge in [0.25, 0.3) is 0 Å². The molecule has 1 amide bonds. The van der Waals surface area contributed by atoms with E-state index in [4.69, 9.17) is 11.6 Å². The van der Waals surface area contributed by atoms with Crippen molar-refractivity contribution in [2.24, 2.45) is 5.92 Å². The molecule has 1 fully saturated rings. The molecule has 1 aliphatic rings. The van der Waals surface area contributed by atoms with Gasteiger partial charge in [-0.2, -0.15) is 0 Å². The van der Waals surface area contributed by atoms with Gasteiger partial charge in [0.1, 0.15) is 5.82 Å². The van der Waals surface area contributed by atoms with Gasteiger partial charge >= 0.3 is 5.97 Å². The molecule has 0 bridgehead atoms. The van der Waals surface area contributed by atoms with E-state index in [2.05, 4.69) is 0 Å². The van der Waals surface area contributed by atoms with Gasteiger partial charge in [-0.15, -0.1) is 0 Å². The summed E-state index contributed by atoms with van der Waals surface area (Å²) in [5, 5.41) is 9.28. The number of hydrogen-bond acceptors (Lipinski definition) is 2. The zero-order valence-corrected chi connectivity index (χ0v) is 11.7. The summed E-state index contributed by atoms with van der Waals surface area (Å²) < 4.78 is 13.2. The van der Waals surface area contributed by atoms with Crippen LogP contribution in [0.1, 0.15) is 31.4 Å². The van der Waals surface area contributed by atoms with Crippen LogP contribution in [-0.2, 0) is 9.59 Å². The smallest absolute Gasteiger partial charge is 0.308 e. The maximum atomic E-state index is 13.2. The molecular formula is C14H15ClFNO3. The quantitative estimate of drug-likeness (QED) is 0.933. The molecule has 4 nitrogen and oxygen atoms in total. The number of carboxylic acid groups (broad SMARTS) is 1. The van der Waals surface area contributed by atoms with Crippen LogP contribution in [0.2, 0.25) is 5.02 Å². The van der Waals surface area contributed by atoms with E-state index < -0.39 is 23.7 Å². The van der Waals surface area contributed by atoms with Gasteiger partial charge in [-0.05, 0) is 31.0 Å². The molecular weight excluding hydrogens is 285 g/mol. The summed E-state index contributed by atoms with van der Waals surface area (Å²) in [5.41, 5.74) is 0.554. The van der Waals surface area contributed by atoms with Crippen molar-refractivity contribution in [2.75, 3.05) is 6.54 Å². The lowest BCUT2D eigenvalue weighted by atomic mass is 9.84. The van der Waals surface area contributed by atoms with E-state index in [0.717, 1.165) is 0 Å². The zero-order valence-electron chi connectivity index (χ0n) is 11.0. The first-order chi connectivity index (χ1) is 9.45. The first-order valence-electron chi connectivity index (χ1n) is 6.43. The van der Waals surface area contributed by atoms with E-state index in [1.807, 2.05) is 0 Å². The van der Waals surface area contributed by atoms with E-state index >= 15 is 0 Å². The molecule has 1 N–H and O–H groups in total. The molecule has 0 aliphatic carbocycles. The molecule has 0 radical (unpaired) electrons. The van der Waals surface area contributed by atoms with Gasteiger partial charge in [0.2, 0.25) is 5.91 Å². The van der Waals surface area contributed by atoms with Crippen molar-refractivity contribution >= 4 is 23.5 Å². The Morgan fingerprint density at radius 1 is 1.55 bits per heavy atom. The van der Waals surface area contributed by atoms with Crippen molar-refractivity contribution in [1.82, 2.24) is 4.90 Å². The van der Waals surface area contributed by atoms with Gasteiger partial charge in [0.05, 0.1) is 17.0 Å². The lowest BCUT2D eigenvalue weighted by Gasteiger charge is -2.39. The molecule has 20 heavy (non-hydrogen) atoms.